The molecule has 1 fully saturated rings. The second-order valence-electron chi connectivity index (χ2n) is 7.71. The number of hydrogen-bond acceptors (Lipinski definition) is 5. The fraction of sp³-hybridized carbons (Fsp3) is 0.348. The van der Waals surface area contributed by atoms with Gasteiger partial charge >= 0.3 is 0 Å². The lowest BCUT2D eigenvalue weighted by molar-refractivity contribution is 0.102. The number of rotatable bonds is 7. The molecule has 3 heterocycles. The Balaban J connectivity index is 1.69. The highest BCUT2D eigenvalue weighted by atomic mass is 32.2. The molecule has 4 rings (SSSR count). The third kappa shape index (κ3) is 4.20. The number of nitrogens with one attached hydrogen (secondary N) is 1. The van der Waals surface area contributed by atoms with Gasteiger partial charge in [-0.2, -0.15) is 4.31 Å². The summed E-state index contributed by atoms with van der Waals surface area (Å²) in [6.07, 6.45) is 5.50. The molecular weight excluding hydrogens is 446 g/mol. The van der Waals surface area contributed by atoms with Gasteiger partial charge in [-0.05, 0) is 69.5 Å². The van der Waals surface area contributed by atoms with Crippen molar-refractivity contribution in [1.82, 2.24) is 8.87 Å². The van der Waals surface area contributed by atoms with E-state index in [1.165, 1.54) is 10.4 Å². The van der Waals surface area contributed by atoms with Gasteiger partial charge in [-0.1, -0.05) is 0 Å². The highest BCUT2D eigenvalue weighted by Gasteiger charge is 2.30. The van der Waals surface area contributed by atoms with Gasteiger partial charge in [-0.3, -0.25) is 4.79 Å². The monoisotopic (exact) mass is 473 g/mol. The summed E-state index contributed by atoms with van der Waals surface area (Å²) < 4.78 is 35.5. The van der Waals surface area contributed by atoms with Gasteiger partial charge in [0, 0.05) is 36.0 Å². The molecule has 0 saturated carbocycles. The molecule has 0 atom stereocenters. The van der Waals surface area contributed by atoms with E-state index in [1.807, 2.05) is 49.9 Å². The molecule has 0 spiro atoms. The molecule has 2 aromatic heterocycles. The minimum Gasteiger partial charge on any atom is -0.492 e. The number of nitrogens with zero attached hydrogens (tertiary/aromatic N) is 2. The lowest BCUT2D eigenvalue weighted by Crippen LogP contribution is -2.28. The van der Waals surface area contributed by atoms with Gasteiger partial charge in [0.05, 0.1) is 12.2 Å². The predicted octanol–water partition coefficient (Wildman–Crippen LogP) is 4.59. The van der Waals surface area contributed by atoms with Crippen molar-refractivity contribution in [2.75, 3.05) is 25.0 Å². The number of aromatic nitrogens is 1. The fourth-order valence-corrected chi connectivity index (χ4v) is 6.65. The molecule has 3 aromatic rings. The SMILES string of the molecule is CCOc1ccc(NC(=O)c2c(-n3cccc3)sc(C)c2C)cc1S(=O)(=O)N1CCCC1. The third-order valence-corrected chi connectivity index (χ3v) is 8.76. The quantitative estimate of drug-likeness (QED) is 0.544. The summed E-state index contributed by atoms with van der Waals surface area (Å²) in [4.78, 5) is 14.4. The van der Waals surface area contributed by atoms with Crippen molar-refractivity contribution in [1.29, 1.82) is 0 Å². The van der Waals surface area contributed by atoms with E-state index >= 15 is 0 Å². The Morgan fingerprint density at radius 1 is 1.16 bits per heavy atom. The standard InChI is InChI=1S/C23H27N3O4S2/c1-4-30-19-10-9-18(15-20(19)32(28,29)26-13-7-8-14-26)24-22(27)21-16(2)17(3)31-23(21)25-11-5-6-12-25/h5-6,9-12,15H,4,7-8,13-14H2,1-3H3,(H,24,27). The number of carbonyl (C=O) groups is 1. The molecule has 0 unspecified atom stereocenters. The van der Waals surface area contributed by atoms with Gasteiger partial charge in [-0.15, -0.1) is 11.3 Å². The Morgan fingerprint density at radius 2 is 1.84 bits per heavy atom. The maximum Gasteiger partial charge on any atom is 0.258 e. The predicted molar refractivity (Wildman–Crippen MR) is 127 cm³/mol. The van der Waals surface area contributed by atoms with E-state index in [4.69, 9.17) is 4.74 Å². The number of hydrogen-bond donors (Lipinski definition) is 1. The zero-order valence-electron chi connectivity index (χ0n) is 18.4. The molecule has 1 aliphatic rings. The van der Waals surface area contributed by atoms with Crippen LogP contribution in [0.5, 0.6) is 5.75 Å². The lowest BCUT2D eigenvalue weighted by atomic mass is 10.1. The number of anilines is 1. The second kappa shape index (κ2) is 9.09. The zero-order chi connectivity index (χ0) is 22.9. The molecular formula is C23H27N3O4S2. The van der Waals surface area contributed by atoms with Crippen LogP contribution >= 0.6 is 11.3 Å². The number of benzene rings is 1. The zero-order valence-corrected chi connectivity index (χ0v) is 20.1. The van der Waals surface area contributed by atoms with Crippen molar-refractivity contribution < 1.29 is 17.9 Å². The molecule has 0 bridgehead atoms. The Hall–Kier alpha value is -2.62. The topological polar surface area (TPSA) is 80.6 Å². The fourth-order valence-electron chi connectivity index (χ4n) is 3.85. The van der Waals surface area contributed by atoms with E-state index in [0.717, 1.165) is 28.3 Å². The average Bonchev–Trinajstić information content (AvgIpc) is 3.52. The van der Waals surface area contributed by atoms with Crippen molar-refractivity contribution >= 4 is 33.0 Å². The molecule has 0 aliphatic carbocycles. The number of amides is 1. The van der Waals surface area contributed by atoms with Crippen LogP contribution in [0.15, 0.2) is 47.6 Å². The average molecular weight is 474 g/mol. The van der Waals surface area contributed by atoms with Gasteiger partial charge in [0.15, 0.2) is 0 Å². The van der Waals surface area contributed by atoms with Crippen LogP contribution in [0.4, 0.5) is 5.69 Å². The minimum atomic E-state index is -3.71. The third-order valence-electron chi connectivity index (χ3n) is 5.62. The Bertz CT molecular complexity index is 1220. The van der Waals surface area contributed by atoms with E-state index in [2.05, 4.69) is 5.32 Å². The maximum atomic E-state index is 13.3. The summed E-state index contributed by atoms with van der Waals surface area (Å²) in [5.74, 6) is 0.0252. The van der Waals surface area contributed by atoms with Gasteiger partial charge in [-0.25, -0.2) is 8.42 Å². The Morgan fingerprint density at radius 3 is 2.50 bits per heavy atom. The van der Waals surface area contributed by atoms with Crippen LogP contribution in [0.25, 0.3) is 5.00 Å². The van der Waals surface area contributed by atoms with Crippen molar-refractivity contribution in [3.8, 4) is 10.8 Å². The minimum absolute atomic E-state index is 0.0860. The second-order valence-corrected chi connectivity index (χ2v) is 10.8. The van der Waals surface area contributed by atoms with Crippen LogP contribution in [0.2, 0.25) is 0 Å². The molecule has 1 saturated heterocycles. The van der Waals surface area contributed by atoms with Crippen molar-refractivity contribution in [2.45, 2.75) is 38.5 Å². The maximum absolute atomic E-state index is 13.3. The summed E-state index contributed by atoms with van der Waals surface area (Å²) in [6.45, 7) is 7.07. The van der Waals surface area contributed by atoms with Crippen molar-refractivity contribution in [2.24, 2.45) is 0 Å². The van der Waals surface area contributed by atoms with Gasteiger partial charge in [0.1, 0.15) is 15.6 Å². The highest BCUT2D eigenvalue weighted by Crippen LogP contribution is 2.34. The van der Waals surface area contributed by atoms with Crippen LogP contribution in [0, 0.1) is 13.8 Å². The molecule has 1 N–H and O–H groups in total. The largest absolute Gasteiger partial charge is 0.492 e. The van der Waals surface area contributed by atoms with Crippen LogP contribution in [-0.2, 0) is 10.0 Å². The van der Waals surface area contributed by atoms with Crippen LogP contribution in [0.1, 0.15) is 40.6 Å². The first-order valence-corrected chi connectivity index (χ1v) is 12.9. The molecule has 32 heavy (non-hydrogen) atoms. The molecule has 7 nitrogen and oxygen atoms in total. The number of sulfonamides is 1. The van der Waals surface area contributed by atoms with Gasteiger partial charge < -0.3 is 14.6 Å². The Kier molecular flexibility index (Phi) is 6.41. The molecule has 0 radical (unpaired) electrons. The van der Waals surface area contributed by atoms with Crippen molar-refractivity contribution in [3.05, 3.63) is 58.7 Å². The summed E-state index contributed by atoms with van der Waals surface area (Å²) >= 11 is 1.55. The van der Waals surface area contributed by atoms with Crippen LogP contribution in [-0.4, -0.2) is 42.9 Å². The summed E-state index contributed by atoms with van der Waals surface area (Å²) in [5, 5.41) is 3.73. The first-order chi connectivity index (χ1) is 15.3. The molecule has 9 heteroatoms. The summed E-state index contributed by atoms with van der Waals surface area (Å²) in [6, 6.07) is 8.61. The molecule has 1 aliphatic heterocycles. The number of thiophene rings is 1. The van der Waals surface area contributed by atoms with Crippen LogP contribution < -0.4 is 10.1 Å². The van der Waals surface area contributed by atoms with E-state index in [9.17, 15) is 13.2 Å². The van der Waals surface area contributed by atoms with Crippen LogP contribution in [0.3, 0.4) is 0 Å². The molecule has 1 amide bonds. The Labute approximate surface area is 192 Å². The number of carbonyl (C=O) groups excluding carboxylic acids is 1. The van der Waals surface area contributed by atoms with Crippen molar-refractivity contribution in [3.63, 3.8) is 0 Å². The summed E-state index contributed by atoms with van der Waals surface area (Å²) in [5.41, 5.74) is 1.91. The van der Waals surface area contributed by atoms with E-state index < -0.39 is 10.0 Å². The normalized spacial score (nSPS) is 14.6. The highest BCUT2D eigenvalue weighted by molar-refractivity contribution is 7.89. The molecule has 170 valence electrons. The van der Waals surface area contributed by atoms with Gasteiger partial charge in [0.2, 0.25) is 10.0 Å². The van der Waals surface area contributed by atoms with Gasteiger partial charge in [0.25, 0.3) is 5.91 Å². The summed E-state index contributed by atoms with van der Waals surface area (Å²) in [7, 11) is -3.71. The van der Waals surface area contributed by atoms with E-state index in [1.54, 1.807) is 23.5 Å². The number of aryl methyl sites for hydroxylation is 1. The smallest absolute Gasteiger partial charge is 0.258 e. The first-order valence-electron chi connectivity index (χ1n) is 10.6. The lowest BCUT2D eigenvalue weighted by Gasteiger charge is -2.19. The van der Waals surface area contributed by atoms with E-state index in [0.29, 0.717) is 36.7 Å². The number of ether oxygens (including phenoxy) is 1. The molecule has 1 aromatic carbocycles. The van der Waals surface area contributed by atoms with E-state index in [-0.39, 0.29) is 10.8 Å². The first kappa shape index (κ1) is 22.6.